The van der Waals surface area contributed by atoms with Crippen LogP contribution in [0.1, 0.15) is 58.7 Å². The molecule has 156 valence electrons. The molecule has 1 aliphatic rings. The van der Waals surface area contributed by atoms with E-state index in [4.69, 9.17) is 4.99 Å². The normalized spacial score (nSPS) is 16.1. The summed E-state index contributed by atoms with van der Waals surface area (Å²) >= 11 is 0. The Bertz CT molecular complexity index is 520. The fourth-order valence-corrected chi connectivity index (χ4v) is 3.41. The van der Waals surface area contributed by atoms with Gasteiger partial charge in [0.15, 0.2) is 5.96 Å². The number of imidazole rings is 1. The summed E-state index contributed by atoms with van der Waals surface area (Å²) < 4.78 is 2.21. The number of nitrogens with zero attached hydrogens (tertiary/aromatic N) is 4. The zero-order chi connectivity index (χ0) is 18.6. The monoisotopic (exact) mass is 490 g/mol. The van der Waals surface area contributed by atoms with E-state index >= 15 is 0 Å². The lowest BCUT2D eigenvalue weighted by molar-refractivity contribution is 0.282. The van der Waals surface area contributed by atoms with Crippen molar-refractivity contribution >= 4 is 29.9 Å². The Morgan fingerprint density at radius 2 is 1.93 bits per heavy atom. The Morgan fingerprint density at radius 1 is 1.19 bits per heavy atom. The van der Waals surface area contributed by atoms with Crippen LogP contribution < -0.4 is 10.6 Å². The Balaban J connectivity index is 0.00000364. The van der Waals surface area contributed by atoms with Gasteiger partial charge in [0.1, 0.15) is 12.4 Å². The summed E-state index contributed by atoms with van der Waals surface area (Å²) in [4.78, 5) is 11.8. The van der Waals surface area contributed by atoms with Crippen LogP contribution in [-0.2, 0) is 13.1 Å². The Kier molecular flexibility index (Phi) is 12.7. The molecule has 0 atom stereocenters. The maximum absolute atomic E-state index is 4.72. The number of hydrogen-bond donors (Lipinski definition) is 2. The topological polar surface area (TPSA) is 57.5 Å². The molecule has 0 saturated carbocycles. The average Bonchev–Trinajstić information content (AvgIpc) is 2.88. The number of nitrogens with one attached hydrogen (secondary N) is 2. The molecule has 2 heterocycles. The van der Waals surface area contributed by atoms with Gasteiger partial charge in [0.25, 0.3) is 0 Å². The van der Waals surface area contributed by atoms with Gasteiger partial charge in [-0.05, 0) is 51.7 Å². The van der Waals surface area contributed by atoms with E-state index in [-0.39, 0.29) is 24.0 Å². The third-order valence-corrected chi connectivity index (χ3v) is 4.73. The molecule has 1 aromatic rings. The van der Waals surface area contributed by atoms with Gasteiger partial charge in [-0.3, -0.25) is 0 Å². The maximum atomic E-state index is 4.72. The molecule has 1 saturated heterocycles. The highest BCUT2D eigenvalue weighted by atomic mass is 127. The molecule has 0 bridgehead atoms. The molecular formula is C20H39IN6. The van der Waals surface area contributed by atoms with Crippen LogP contribution in [0.3, 0.4) is 0 Å². The van der Waals surface area contributed by atoms with E-state index in [9.17, 15) is 0 Å². The summed E-state index contributed by atoms with van der Waals surface area (Å²) in [5.74, 6) is 2.53. The van der Waals surface area contributed by atoms with Gasteiger partial charge in [-0.2, -0.15) is 0 Å². The summed E-state index contributed by atoms with van der Waals surface area (Å²) in [5.41, 5.74) is 0. The van der Waals surface area contributed by atoms with E-state index < -0.39 is 0 Å². The number of hydrogen-bond acceptors (Lipinski definition) is 3. The quantitative estimate of drug-likeness (QED) is 0.241. The summed E-state index contributed by atoms with van der Waals surface area (Å²) in [6.45, 7) is 13.7. The molecule has 0 aliphatic carbocycles. The minimum atomic E-state index is 0. The predicted molar refractivity (Wildman–Crippen MR) is 125 cm³/mol. The second kappa shape index (κ2) is 14.2. The van der Waals surface area contributed by atoms with Crippen molar-refractivity contribution < 1.29 is 0 Å². The Hall–Kier alpha value is -0.830. The molecule has 7 heteroatoms. The largest absolute Gasteiger partial charge is 0.357 e. The zero-order valence-electron chi connectivity index (χ0n) is 17.4. The van der Waals surface area contributed by atoms with E-state index in [1.54, 1.807) is 0 Å². The Morgan fingerprint density at radius 3 is 2.59 bits per heavy atom. The number of guanidine groups is 1. The van der Waals surface area contributed by atoms with Crippen molar-refractivity contribution in [3.05, 3.63) is 18.2 Å². The third kappa shape index (κ3) is 9.78. The van der Waals surface area contributed by atoms with Crippen molar-refractivity contribution in [2.24, 2.45) is 10.9 Å². The van der Waals surface area contributed by atoms with Crippen molar-refractivity contribution in [3.8, 4) is 0 Å². The lowest BCUT2D eigenvalue weighted by Gasteiger charge is -2.20. The van der Waals surface area contributed by atoms with E-state index in [0.717, 1.165) is 37.8 Å². The third-order valence-electron chi connectivity index (χ3n) is 4.73. The van der Waals surface area contributed by atoms with Gasteiger partial charge in [0.05, 0.1) is 0 Å². The maximum Gasteiger partial charge on any atom is 0.191 e. The predicted octanol–water partition coefficient (Wildman–Crippen LogP) is 3.48. The van der Waals surface area contributed by atoms with Crippen LogP contribution >= 0.6 is 24.0 Å². The first kappa shape index (κ1) is 24.2. The molecule has 0 unspecified atom stereocenters. The Labute approximate surface area is 182 Å². The summed E-state index contributed by atoms with van der Waals surface area (Å²) in [5, 5.41) is 6.82. The molecule has 1 aliphatic heterocycles. The molecule has 1 aromatic heterocycles. The van der Waals surface area contributed by atoms with Crippen molar-refractivity contribution in [3.63, 3.8) is 0 Å². The molecule has 2 rings (SSSR count). The van der Waals surface area contributed by atoms with Crippen LogP contribution in [0.25, 0.3) is 0 Å². The van der Waals surface area contributed by atoms with Crippen LogP contribution in [0.2, 0.25) is 0 Å². The molecular weight excluding hydrogens is 451 g/mol. The summed E-state index contributed by atoms with van der Waals surface area (Å²) in [6, 6.07) is 0. The van der Waals surface area contributed by atoms with Gasteiger partial charge in [-0.1, -0.05) is 26.7 Å². The van der Waals surface area contributed by atoms with E-state index in [0.29, 0.717) is 12.5 Å². The highest BCUT2D eigenvalue weighted by Gasteiger charge is 2.08. The summed E-state index contributed by atoms with van der Waals surface area (Å²) in [6.07, 6.45) is 10.6. The highest BCUT2D eigenvalue weighted by Crippen LogP contribution is 2.09. The van der Waals surface area contributed by atoms with Gasteiger partial charge in [0.2, 0.25) is 0 Å². The number of rotatable bonds is 9. The first-order valence-electron chi connectivity index (χ1n) is 10.4. The minimum Gasteiger partial charge on any atom is -0.357 e. The first-order chi connectivity index (χ1) is 12.7. The SMILES string of the molecule is CCNC(=NCc1nccn1CC(C)C)NCCCN1CCCCCC1.I. The van der Waals surface area contributed by atoms with Gasteiger partial charge in [-0.15, -0.1) is 24.0 Å². The zero-order valence-corrected chi connectivity index (χ0v) is 19.7. The van der Waals surface area contributed by atoms with Gasteiger partial charge in [-0.25, -0.2) is 9.98 Å². The summed E-state index contributed by atoms with van der Waals surface area (Å²) in [7, 11) is 0. The van der Waals surface area contributed by atoms with E-state index in [1.165, 1.54) is 45.3 Å². The van der Waals surface area contributed by atoms with Gasteiger partial charge in [0, 0.05) is 32.0 Å². The molecule has 0 aromatic carbocycles. The van der Waals surface area contributed by atoms with Crippen LogP contribution in [0.4, 0.5) is 0 Å². The van der Waals surface area contributed by atoms with Crippen molar-refractivity contribution in [2.45, 2.75) is 66.0 Å². The van der Waals surface area contributed by atoms with Crippen molar-refractivity contribution in [2.75, 3.05) is 32.7 Å². The number of aromatic nitrogens is 2. The van der Waals surface area contributed by atoms with E-state index in [1.807, 2.05) is 12.4 Å². The molecule has 2 N–H and O–H groups in total. The van der Waals surface area contributed by atoms with Crippen LogP contribution in [0.15, 0.2) is 17.4 Å². The molecule has 0 spiro atoms. The van der Waals surface area contributed by atoms with Crippen LogP contribution in [0, 0.1) is 5.92 Å². The van der Waals surface area contributed by atoms with E-state index in [2.05, 4.69) is 45.9 Å². The average molecular weight is 490 g/mol. The number of halogens is 1. The van der Waals surface area contributed by atoms with Gasteiger partial charge < -0.3 is 20.1 Å². The second-order valence-electron chi connectivity index (χ2n) is 7.62. The number of likely N-dealkylation sites (tertiary alicyclic amines) is 1. The lowest BCUT2D eigenvalue weighted by Crippen LogP contribution is -2.39. The molecule has 6 nitrogen and oxygen atoms in total. The molecule has 0 amide bonds. The minimum absolute atomic E-state index is 0. The van der Waals surface area contributed by atoms with Crippen LogP contribution in [0.5, 0.6) is 0 Å². The molecule has 0 radical (unpaired) electrons. The fraction of sp³-hybridized carbons (Fsp3) is 0.800. The standard InChI is InChI=1S/C20H38N6.HI/c1-4-21-20(23-10-9-14-25-12-7-5-6-8-13-25)24-16-19-22-11-15-26(19)17-18(2)3;/h11,15,18H,4-10,12-14,16-17H2,1-3H3,(H2,21,23,24);1H. The van der Waals surface area contributed by atoms with Crippen molar-refractivity contribution in [1.29, 1.82) is 0 Å². The molecule has 27 heavy (non-hydrogen) atoms. The molecule has 1 fully saturated rings. The first-order valence-corrected chi connectivity index (χ1v) is 10.4. The number of aliphatic imine (C=N–C) groups is 1. The fourth-order valence-electron chi connectivity index (χ4n) is 3.41. The van der Waals surface area contributed by atoms with Gasteiger partial charge >= 0.3 is 0 Å². The van der Waals surface area contributed by atoms with Crippen LogP contribution in [-0.4, -0.2) is 53.1 Å². The highest BCUT2D eigenvalue weighted by molar-refractivity contribution is 14.0. The lowest BCUT2D eigenvalue weighted by atomic mass is 10.2. The van der Waals surface area contributed by atoms with Crippen molar-refractivity contribution in [1.82, 2.24) is 25.1 Å². The second-order valence-corrected chi connectivity index (χ2v) is 7.62. The smallest absolute Gasteiger partial charge is 0.191 e.